The van der Waals surface area contributed by atoms with Gasteiger partial charge in [0.05, 0.1) is 26.5 Å². The molecule has 0 bridgehead atoms. The fourth-order valence-corrected chi connectivity index (χ4v) is 3.46. The highest BCUT2D eigenvalue weighted by molar-refractivity contribution is 14.0. The average Bonchev–Trinajstić information content (AvgIpc) is 2.54. The van der Waals surface area contributed by atoms with Crippen molar-refractivity contribution in [3.63, 3.8) is 0 Å². The summed E-state index contributed by atoms with van der Waals surface area (Å²) in [4.78, 5) is 4.44. The van der Waals surface area contributed by atoms with E-state index in [0.717, 1.165) is 18.0 Å². The van der Waals surface area contributed by atoms with Crippen LogP contribution in [0.3, 0.4) is 0 Å². The first kappa shape index (κ1) is 19.2. The van der Waals surface area contributed by atoms with Crippen LogP contribution in [-0.4, -0.2) is 37.7 Å². The molecule has 1 heterocycles. The fourth-order valence-electron chi connectivity index (χ4n) is 2.24. The lowest BCUT2D eigenvalue weighted by Crippen LogP contribution is -2.25. The van der Waals surface area contributed by atoms with Crippen LogP contribution in [0, 0.1) is 0 Å². The van der Waals surface area contributed by atoms with Gasteiger partial charge in [-0.25, -0.2) is 0 Å². The lowest BCUT2D eigenvalue weighted by molar-refractivity contribution is 0.405. The largest absolute Gasteiger partial charge is 0.497 e. The molecule has 0 aromatic heterocycles. The third kappa shape index (κ3) is 5.75. The van der Waals surface area contributed by atoms with Gasteiger partial charge in [-0.15, -0.1) is 24.0 Å². The number of thioether (sulfide) groups is 1. The summed E-state index contributed by atoms with van der Waals surface area (Å²) < 4.78 is 10.5. The first-order valence-electron chi connectivity index (χ1n) is 7.13. The summed E-state index contributed by atoms with van der Waals surface area (Å²) in [5, 5.41) is 3.68. The average molecular weight is 437 g/mol. The van der Waals surface area contributed by atoms with E-state index in [-0.39, 0.29) is 24.0 Å². The van der Waals surface area contributed by atoms with Crippen LogP contribution in [0.5, 0.6) is 11.5 Å². The number of rotatable bonds is 5. The number of nitrogens with zero attached hydrogens (tertiary/aromatic N) is 1. The second-order valence-corrected chi connectivity index (χ2v) is 6.31. The Bertz CT molecular complexity index is 494. The van der Waals surface area contributed by atoms with Gasteiger partial charge in [-0.2, -0.15) is 11.8 Å². The van der Waals surface area contributed by atoms with Gasteiger partial charge >= 0.3 is 0 Å². The Morgan fingerprint density at radius 1 is 1.36 bits per heavy atom. The van der Waals surface area contributed by atoms with E-state index in [1.165, 1.54) is 25.0 Å². The van der Waals surface area contributed by atoms with Gasteiger partial charge in [-0.05, 0) is 30.7 Å². The van der Waals surface area contributed by atoms with E-state index in [9.17, 15) is 0 Å². The summed E-state index contributed by atoms with van der Waals surface area (Å²) in [7, 11) is 3.25. The van der Waals surface area contributed by atoms with E-state index in [2.05, 4.69) is 10.3 Å². The van der Waals surface area contributed by atoms with Crippen molar-refractivity contribution in [2.45, 2.75) is 24.5 Å². The van der Waals surface area contributed by atoms with Gasteiger partial charge in [0.1, 0.15) is 11.5 Å². The molecule has 0 spiro atoms. The smallest absolute Gasteiger partial charge is 0.193 e. The molecule has 1 aliphatic rings. The molecule has 3 N–H and O–H groups in total. The van der Waals surface area contributed by atoms with E-state index < -0.39 is 0 Å². The number of hydrogen-bond acceptors (Lipinski definition) is 4. The number of nitrogens with one attached hydrogen (secondary N) is 1. The number of benzene rings is 1. The van der Waals surface area contributed by atoms with Gasteiger partial charge in [0.25, 0.3) is 0 Å². The molecule has 5 nitrogen and oxygen atoms in total. The maximum absolute atomic E-state index is 5.97. The Morgan fingerprint density at radius 2 is 2.18 bits per heavy atom. The molecule has 0 amide bonds. The number of methoxy groups -OCH3 is 2. The second-order valence-electron chi connectivity index (χ2n) is 4.91. The summed E-state index contributed by atoms with van der Waals surface area (Å²) in [5.41, 5.74) is 6.73. The van der Waals surface area contributed by atoms with E-state index in [1.807, 2.05) is 30.0 Å². The summed E-state index contributed by atoms with van der Waals surface area (Å²) in [6.45, 7) is 0.760. The second kappa shape index (κ2) is 10.0. The maximum atomic E-state index is 5.97. The maximum Gasteiger partial charge on any atom is 0.193 e. The molecule has 2 rings (SSSR count). The Morgan fingerprint density at radius 3 is 2.82 bits per heavy atom. The first-order chi connectivity index (χ1) is 10.2. The van der Waals surface area contributed by atoms with Crippen molar-refractivity contribution in [3.05, 3.63) is 18.2 Å². The topological polar surface area (TPSA) is 68.9 Å². The molecular formula is C15H24IN3O2S. The zero-order chi connectivity index (χ0) is 15.1. The van der Waals surface area contributed by atoms with Crippen molar-refractivity contribution >= 4 is 47.4 Å². The number of halogens is 1. The normalized spacial score (nSPS) is 18.3. The monoisotopic (exact) mass is 437 g/mol. The fraction of sp³-hybridized carbons (Fsp3) is 0.533. The van der Waals surface area contributed by atoms with Crippen LogP contribution in [-0.2, 0) is 0 Å². The van der Waals surface area contributed by atoms with Gasteiger partial charge in [0.15, 0.2) is 5.96 Å². The van der Waals surface area contributed by atoms with Crippen molar-refractivity contribution in [2.24, 2.45) is 10.7 Å². The van der Waals surface area contributed by atoms with Crippen LogP contribution >= 0.6 is 35.7 Å². The minimum Gasteiger partial charge on any atom is -0.497 e. The molecule has 7 heteroatoms. The zero-order valence-corrected chi connectivity index (χ0v) is 16.1. The van der Waals surface area contributed by atoms with Crippen molar-refractivity contribution < 1.29 is 9.47 Å². The molecule has 1 aromatic carbocycles. The highest BCUT2D eigenvalue weighted by atomic mass is 127. The standard InChI is InChI=1S/C15H23N3O2S.HI/c1-19-11-6-7-14(20-2)13(9-11)18-15(16)17-10-12-5-3-4-8-21-12;/h6-7,9,12H,3-5,8,10H2,1-2H3,(H3,16,17,18);1H. The van der Waals surface area contributed by atoms with Gasteiger partial charge < -0.3 is 20.5 Å². The van der Waals surface area contributed by atoms with Crippen LogP contribution < -0.4 is 20.5 Å². The minimum atomic E-state index is 0. The molecular weight excluding hydrogens is 413 g/mol. The van der Waals surface area contributed by atoms with E-state index in [4.69, 9.17) is 15.2 Å². The molecule has 0 saturated carbocycles. The third-order valence-corrected chi connectivity index (χ3v) is 4.79. The lowest BCUT2D eigenvalue weighted by Gasteiger charge is -2.19. The molecule has 1 aliphatic heterocycles. The molecule has 1 saturated heterocycles. The van der Waals surface area contributed by atoms with Crippen molar-refractivity contribution in [1.29, 1.82) is 0 Å². The SMILES string of the molecule is COc1ccc(OC)c(NC(N)=NCC2CCCCS2)c1.I. The van der Waals surface area contributed by atoms with Crippen molar-refractivity contribution in [2.75, 3.05) is 31.8 Å². The molecule has 0 aliphatic carbocycles. The number of ether oxygens (including phenoxy) is 2. The van der Waals surface area contributed by atoms with Gasteiger partial charge in [0, 0.05) is 11.3 Å². The summed E-state index contributed by atoms with van der Waals surface area (Å²) >= 11 is 1.99. The molecule has 22 heavy (non-hydrogen) atoms. The van der Waals surface area contributed by atoms with E-state index in [0.29, 0.717) is 17.0 Å². The van der Waals surface area contributed by atoms with Gasteiger partial charge in [-0.1, -0.05) is 6.42 Å². The minimum absolute atomic E-state index is 0. The predicted octanol–water partition coefficient (Wildman–Crippen LogP) is 3.33. The van der Waals surface area contributed by atoms with Crippen LogP contribution in [0.4, 0.5) is 5.69 Å². The molecule has 1 aromatic rings. The molecule has 1 fully saturated rings. The molecule has 1 unspecified atom stereocenters. The number of guanidine groups is 1. The van der Waals surface area contributed by atoms with Gasteiger partial charge in [-0.3, -0.25) is 4.99 Å². The van der Waals surface area contributed by atoms with E-state index in [1.54, 1.807) is 14.2 Å². The number of nitrogens with two attached hydrogens (primary N) is 1. The number of anilines is 1. The Balaban J connectivity index is 0.00000242. The Hall–Kier alpha value is -0.830. The van der Waals surface area contributed by atoms with Gasteiger partial charge in [0.2, 0.25) is 0 Å². The summed E-state index contributed by atoms with van der Waals surface area (Å²) in [5.74, 6) is 3.10. The van der Waals surface area contributed by atoms with Crippen LogP contribution in [0.2, 0.25) is 0 Å². The quantitative estimate of drug-likeness (QED) is 0.420. The summed E-state index contributed by atoms with van der Waals surface area (Å²) in [6, 6.07) is 5.53. The Labute approximate surface area is 153 Å². The zero-order valence-electron chi connectivity index (χ0n) is 13.0. The van der Waals surface area contributed by atoms with E-state index >= 15 is 0 Å². The molecule has 0 radical (unpaired) electrons. The highest BCUT2D eigenvalue weighted by Crippen LogP contribution is 2.29. The van der Waals surface area contributed by atoms with Crippen molar-refractivity contribution in [3.8, 4) is 11.5 Å². The molecule has 124 valence electrons. The Kier molecular flexibility index (Phi) is 8.77. The lowest BCUT2D eigenvalue weighted by atomic mass is 10.2. The molecule has 1 atom stereocenters. The number of hydrogen-bond donors (Lipinski definition) is 2. The highest BCUT2D eigenvalue weighted by Gasteiger charge is 2.13. The summed E-state index contributed by atoms with van der Waals surface area (Å²) in [6.07, 6.45) is 3.84. The third-order valence-electron chi connectivity index (χ3n) is 3.41. The van der Waals surface area contributed by atoms with Crippen molar-refractivity contribution in [1.82, 2.24) is 0 Å². The van der Waals surface area contributed by atoms with Crippen LogP contribution in [0.25, 0.3) is 0 Å². The van der Waals surface area contributed by atoms with Crippen LogP contribution in [0.15, 0.2) is 23.2 Å². The van der Waals surface area contributed by atoms with Crippen LogP contribution in [0.1, 0.15) is 19.3 Å². The number of aliphatic imine (C=N–C) groups is 1. The first-order valence-corrected chi connectivity index (χ1v) is 8.18. The predicted molar refractivity (Wildman–Crippen MR) is 105 cm³/mol.